The summed E-state index contributed by atoms with van der Waals surface area (Å²) < 4.78 is 0. The fourth-order valence-electron chi connectivity index (χ4n) is 1.18. The van der Waals surface area contributed by atoms with Gasteiger partial charge < -0.3 is 4.84 Å². The predicted molar refractivity (Wildman–Crippen MR) is 63.3 cm³/mol. The average Bonchev–Trinajstić information content (AvgIpc) is 2.35. The number of hydroxylamine groups is 1. The van der Waals surface area contributed by atoms with Gasteiger partial charge in [-0.1, -0.05) is 13.3 Å². The molecule has 0 saturated heterocycles. The molecule has 1 aromatic heterocycles. The molecule has 0 aromatic carbocycles. The Morgan fingerprint density at radius 2 is 2.06 bits per heavy atom. The quantitative estimate of drug-likeness (QED) is 0.829. The van der Waals surface area contributed by atoms with Gasteiger partial charge in [0.2, 0.25) is 0 Å². The molecule has 1 aliphatic rings. The lowest BCUT2D eigenvalue weighted by atomic mass is 10.2. The van der Waals surface area contributed by atoms with Crippen molar-refractivity contribution in [1.29, 1.82) is 0 Å². The highest BCUT2D eigenvalue weighted by atomic mass is 16.6. The number of allylic oxidation sites excluding steroid dienone is 2. The second-order valence-corrected chi connectivity index (χ2v) is 3.26. The van der Waals surface area contributed by atoms with E-state index in [4.69, 9.17) is 0 Å². The molecule has 0 saturated carbocycles. The van der Waals surface area contributed by atoms with E-state index < -0.39 is 0 Å². The van der Waals surface area contributed by atoms with Crippen molar-refractivity contribution >= 4 is 0 Å². The van der Waals surface area contributed by atoms with Gasteiger partial charge in [-0.05, 0) is 25.5 Å². The molecule has 0 aliphatic carbocycles. The van der Waals surface area contributed by atoms with Crippen LogP contribution >= 0.6 is 0 Å². The average molecular weight is 219 g/mol. The van der Waals surface area contributed by atoms with Crippen molar-refractivity contribution in [3.63, 3.8) is 0 Å². The summed E-state index contributed by atoms with van der Waals surface area (Å²) in [6.45, 7) is 4.14. The van der Waals surface area contributed by atoms with Gasteiger partial charge in [0.1, 0.15) is 6.26 Å². The molecule has 0 radical (unpaired) electrons. The predicted octanol–water partition coefficient (Wildman–Crippen LogP) is 2.29. The van der Waals surface area contributed by atoms with E-state index in [2.05, 4.69) is 27.2 Å². The summed E-state index contributed by atoms with van der Waals surface area (Å²) in [5.74, 6) is 0. The summed E-state index contributed by atoms with van der Waals surface area (Å²) in [4.78, 5) is 12.9. The first-order valence-electron chi connectivity index (χ1n) is 5.34. The molecule has 0 atom stereocenters. The van der Waals surface area contributed by atoms with E-state index in [9.17, 15) is 0 Å². The van der Waals surface area contributed by atoms with Gasteiger partial charge in [0.15, 0.2) is 0 Å². The molecule has 1 aromatic rings. The van der Waals surface area contributed by atoms with E-state index in [0.717, 1.165) is 24.2 Å². The van der Waals surface area contributed by atoms with E-state index in [0.29, 0.717) is 0 Å². The van der Waals surface area contributed by atoms with Crippen LogP contribution in [0, 0.1) is 6.92 Å². The standard InChI is InChI=1S/C8H12N2.C4H5NO/c1-3-4-8-7(2)9-5-6-10-8;1-2-4-6-5-3-1/h5-6H,3-4H2,1-2H3;1-5H. The molecule has 4 nitrogen and oxygen atoms in total. The lowest BCUT2D eigenvalue weighted by Gasteiger charge is -1.98. The normalized spacial score (nSPS) is 12.1. The zero-order valence-electron chi connectivity index (χ0n) is 9.68. The topological polar surface area (TPSA) is 47.0 Å². The molecule has 1 N–H and O–H groups in total. The van der Waals surface area contributed by atoms with Gasteiger partial charge in [-0.3, -0.25) is 9.97 Å². The zero-order chi connectivity index (χ0) is 11.6. The van der Waals surface area contributed by atoms with Crippen LogP contribution in [-0.2, 0) is 11.3 Å². The third-order valence-corrected chi connectivity index (χ3v) is 1.96. The first-order valence-corrected chi connectivity index (χ1v) is 5.34. The molecule has 1 aliphatic heterocycles. The number of nitrogens with one attached hydrogen (secondary N) is 1. The van der Waals surface area contributed by atoms with Gasteiger partial charge in [-0.2, -0.15) is 0 Å². The van der Waals surface area contributed by atoms with Gasteiger partial charge in [-0.15, -0.1) is 0 Å². The van der Waals surface area contributed by atoms with E-state index in [-0.39, 0.29) is 0 Å². The lowest BCUT2D eigenvalue weighted by molar-refractivity contribution is 0.172. The molecule has 16 heavy (non-hydrogen) atoms. The Labute approximate surface area is 96.0 Å². The molecular formula is C12H17N3O. The molecule has 86 valence electrons. The Hall–Kier alpha value is -1.84. The molecule has 0 bridgehead atoms. The molecule has 0 spiro atoms. The smallest absolute Gasteiger partial charge is 0.119 e. The third-order valence-electron chi connectivity index (χ3n) is 1.96. The monoisotopic (exact) mass is 219 g/mol. The molecule has 0 unspecified atom stereocenters. The van der Waals surface area contributed by atoms with E-state index >= 15 is 0 Å². The van der Waals surface area contributed by atoms with Crippen LogP contribution in [0.4, 0.5) is 0 Å². The summed E-state index contributed by atoms with van der Waals surface area (Å²) >= 11 is 0. The van der Waals surface area contributed by atoms with Crippen LogP contribution < -0.4 is 5.48 Å². The minimum Gasteiger partial charge on any atom is -0.391 e. The van der Waals surface area contributed by atoms with Gasteiger partial charge in [0, 0.05) is 18.6 Å². The molecule has 0 fully saturated rings. The summed E-state index contributed by atoms with van der Waals surface area (Å²) in [7, 11) is 0. The Balaban J connectivity index is 0.000000181. The van der Waals surface area contributed by atoms with Crippen molar-refractivity contribution in [2.45, 2.75) is 26.7 Å². The lowest BCUT2D eigenvalue weighted by Crippen LogP contribution is -2.01. The van der Waals surface area contributed by atoms with Crippen molar-refractivity contribution in [2.24, 2.45) is 0 Å². The van der Waals surface area contributed by atoms with E-state index in [1.54, 1.807) is 30.9 Å². The number of hydrogen-bond donors (Lipinski definition) is 1. The van der Waals surface area contributed by atoms with Crippen molar-refractivity contribution < 1.29 is 4.84 Å². The summed E-state index contributed by atoms with van der Waals surface area (Å²) in [6, 6.07) is 0. The van der Waals surface area contributed by atoms with Gasteiger partial charge in [0.25, 0.3) is 0 Å². The summed E-state index contributed by atoms with van der Waals surface area (Å²) in [6.07, 6.45) is 12.6. The Morgan fingerprint density at radius 3 is 2.50 bits per heavy atom. The fourth-order valence-corrected chi connectivity index (χ4v) is 1.18. The minimum atomic E-state index is 1.04. The Kier molecular flexibility index (Phi) is 5.70. The number of hydrogen-bond acceptors (Lipinski definition) is 4. The van der Waals surface area contributed by atoms with Crippen LogP contribution in [0.3, 0.4) is 0 Å². The fraction of sp³-hybridized carbons (Fsp3) is 0.333. The molecule has 4 heteroatoms. The maximum atomic E-state index is 4.55. The Morgan fingerprint density at radius 1 is 1.25 bits per heavy atom. The Bertz CT molecular complexity index is 349. The van der Waals surface area contributed by atoms with Gasteiger partial charge in [-0.25, -0.2) is 5.48 Å². The first kappa shape index (κ1) is 12.2. The number of aryl methyl sites for hydroxylation is 2. The molecule has 0 amide bonds. The first-order chi connectivity index (χ1) is 7.84. The van der Waals surface area contributed by atoms with Crippen LogP contribution in [-0.4, -0.2) is 9.97 Å². The largest absolute Gasteiger partial charge is 0.391 e. The summed E-state index contributed by atoms with van der Waals surface area (Å²) in [5.41, 5.74) is 4.71. The van der Waals surface area contributed by atoms with Crippen LogP contribution in [0.25, 0.3) is 0 Å². The number of rotatable bonds is 2. The van der Waals surface area contributed by atoms with Crippen molar-refractivity contribution in [1.82, 2.24) is 15.4 Å². The highest BCUT2D eigenvalue weighted by Crippen LogP contribution is 2.01. The molecular weight excluding hydrogens is 202 g/mol. The zero-order valence-corrected chi connectivity index (χ0v) is 9.68. The van der Waals surface area contributed by atoms with Crippen molar-refractivity contribution in [2.75, 3.05) is 0 Å². The third kappa shape index (κ3) is 4.59. The van der Waals surface area contributed by atoms with Gasteiger partial charge >= 0.3 is 0 Å². The summed E-state index contributed by atoms with van der Waals surface area (Å²) in [5, 5.41) is 0. The maximum absolute atomic E-state index is 4.55. The highest BCUT2D eigenvalue weighted by Gasteiger charge is 1.95. The maximum Gasteiger partial charge on any atom is 0.119 e. The SMILES string of the molecule is C1=CNOC=C1.CCCc1nccnc1C. The van der Waals surface area contributed by atoms with Crippen LogP contribution in [0.2, 0.25) is 0 Å². The van der Waals surface area contributed by atoms with Crippen molar-refractivity contribution in [3.8, 4) is 0 Å². The van der Waals surface area contributed by atoms with Gasteiger partial charge in [0.05, 0.1) is 11.4 Å². The second kappa shape index (κ2) is 7.45. The molecule has 2 heterocycles. The molecule has 2 rings (SSSR count). The van der Waals surface area contributed by atoms with Crippen LogP contribution in [0.1, 0.15) is 24.7 Å². The highest BCUT2D eigenvalue weighted by molar-refractivity contribution is 5.07. The van der Waals surface area contributed by atoms with E-state index in [1.165, 1.54) is 0 Å². The number of nitrogens with zero attached hydrogens (tertiary/aromatic N) is 2. The van der Waals surface area contributed by atoms with Crippen molar-refractivity contribution in [3.05, 3.63) is 48.4 Å². The van der Waals surface area contributed by atoms with E-state index in [1.807, 2.05) is 13.0 Å². The number of aromatic nitrogens is 2. The van der Waals surface area contributed by atoms with Crippen LogP contribution in [0.5, 0.6) is 0 Å². The van der Waals surface area contributed by atoms with Crippen LogP contribution in [0.15, 0.2) is 37.0 Å². The second-order valence-electron chi connectivity index (χ2n) is 3.26. The minimum absolute atomic E-state index is 1.04.